The van der Waals surface area contributed by atoms with E-state index in [0.29, 0.717) is 13.1 Å². The Morgan fingerprint density at radius 3 is 3.04 bits per heavy atom. The maximum absolute atomic E-state index is 12.2. The van der Waals surface area contributed by atoms with Gasteiger partial charge in [-0.05, 0) is 49.1 Å². The van der Waals surface area contributed by atoms with Crippen molar-refractivity contribution < 1.29 is 14.3 Å². The standard InChI is InChI=1S/C18H26N2O3S/c21-16(19-12-15-2-1-9-22-15)13-20-7-5-18(6-8-20)17-14(3-10-23-18)4-11-24-17/h4,11,15H,1-3,5-10,12-13H2,(H,19,21). The largest absolute Gasteiger partial charge is 0.376 e. The number of rotatable bonds is 4. The lowest BCUT2D eigenvalue weighted by Crippen LogP contribution is -2.49. The third-order valence-corrected chi connectivity index (χ3v) is 6.63. The predicted molar refractivity (Wildman–Crippen MR) is 93.3 cm³/mol. The van der Waals surface area contributed by atoms with Crippen LogP contribution in [0.5, 0.6) is 0 Å². The van der Waals surface area contributed by atoms with Crippen LogP contribution < -0.4 is 5.32 Å². The second-order valence-electron chi connectivity index (χ2n) is 7.08. The summed E-state index contributed by atoms with van der Waals surface area (Å²) in [7, 11) is 0. The lowest BCUT2D eigenvalue weighted by atomic mass is 9.85. The van der Waals surface area contributed by atoms with Crippen LogP contribution in [0.2, 0.25) is 0 Å². The van der Waals surface area contributed by atoms with Crippen LogP contribution in [0.1, 0.15) is 36.1 Å². The number of amides is 1. The number of carbonyl (C=O) groups excluding carboxylic acids is 1. The number of fused-ring (bicyclic) bond motifs is 2. The van der Waals surface area contributed by atoms with Crippen molar-refractivity contribution in [1.82, 2.24) is 10.2 Å². The highest BCUT2D eigenvalue weighted by Gasteiger charge is 2.41. The third kappa shape index (κ3) is 3.38. The van der Waals surface area contributed by atoms with Crippen molar-refractivity contribution in [3.8, 4) is 0 Å². The number of ether oxygens (including phenoxy) is 2. The summed E-state index contributed by atoms with van der Waals surface area (Å²) in [5, 5.41) is 5.21. The summed E-state index contributed by atoms with van der Waals surface area (Å²) in [6.45, 7) is 4.64. The van der Waals surface area contributed by atoms with Crippen LogP contribution in [0.3, 0.4) is 0 Å². The molecular weight excluding hydrogens is 324 g/mol. The molecule has 5 nitrogen and oxygen atoms in total. The van der Waals surface area contributed by atoms with Crippen LogP contribution in [0.25, 0.3) is 0 Å². The smallest absolute Gasteiger partial charge is 0.234 e. The van der Waals surface area contributed by atoms with Crippen molar-refractivity contribution in [2.75, 3.05) is 39.4 Å². The molecule has 1 atom stereocenters. The van der Waals surface area contributed by atoms with Gasteiger partial charge in [0.2, 0.25) is 5.91 Å². The highest BCUT2D eigenvalue weighted by molar-refractivity contribution is 7.10. The molecule has 1 spiro atoms. The van der Waals surface area contributed by atoms with E-state index in [2.05, 4.69) is 21.7 Å². The SMILES string of the molecule is O=C(CN1CCC2(CC1)OCCc1ccsc12)NCC1CCCO1. The Bertz CT molecular complexity index is 575. The van der Waals surface area contributed by atoms with Gasteiger partial charge in [0.1, 0.15) is 5.60 Å². The summed E-state index contributed by atoms with van der Waals surface area (Å²) in [5.74, 6) is 0.114. The molecule has 3 aliphatic heterocycles. The molecule has 0 radical (unpaired) electrons. The predicted octanol–water partition coefficient (Wildman–Crippen LogP) is 1.91. The maximum Gasteiger partial charge on any atom is 0.234 e. The van der Waals surface area contributed by atoms with E-state index < -0.39 is 0 Å². The van der Waals surface area contributed by atoms with Crippen LogP contribution in [0.4, 0.5) is 0 Å². The van der Waals surface area contributed by atoms with Crippen molar-refractivity contribution in [2.45, 2.75) is 43.8 Å². The van der Waals surface area contributed by atoms with E-state index in [1.165, 1.54) is 10.4 Å². The molecule has 0 bridgehead atoms. The first-order valence-corrected chi connectivity index (χ1v) is 9.95. The van der Waals surface area contributed by atoms with Gasteiger partial charge in [0.05, 0.1) is 19.3 Å². The Kier molecular flexibility index (Phi) is 4.90. The Hall–Kier alpha value is -0.950. The zero-order valence-corrected chi connectivity index (χ0v) is 14.9. The van der Waals surface area contributed by atoms with E-state index in [0.717, 1.165) is 58.4 Å². The molecule has 0 aliphatic carbocycles. The Morgan fingerprint density at radius 2 is 2.25 bits per heavy atom. The Labute approximate surface area is 147 Å². The highest BCUT2D eigenvalue weighted by Crippen LogP contribution is 2.44. The number of carbonyl (C=O) groups is 1. The lowest BCUT2D eigenvalue weighted by molar-refractivity contribution is -0.126. The van der Waals surface area contributed by atoms with E-state index in [-0.39, 0.29) is 17.6 Å². The molecule has 4 heterocycles. The normalized spacial score (nSPS) is 26.4. The van der Waals surface area contributed by atoms with Crippen LogP contribution in [-0.4, -0.2) is 56.3 Å². The molecule has 2 fully saturated rings. The summed E-state index contributed by atoms with van der Waals surface area (Å²) in [6.07, 6.45) is 5.40. The van der Waals surface area contributed by atoms with E-state index in [4.69, 9.17) is 9.47 Å². The first-order chi connectivity index (χ1) is 11.8. The molecule has 4 rings (SSSR count). The molecule has 0 aromatic carbocycles. The molecule has 1 N–H and O–H groups in total. The average Bonchev–Trinajstić information content (AvgIpc) is 3.27. The fraction of sp³-hybridized carbons (Fsp3) is 0.722. The summed E-state index contributed by atoms with van der Waals surface area (Å²) < 4.78 is 11.8. The number of hydrogen-bond acceptors (Lipinski definition) is 5. The van der Waals surface area contributed by atoms with Gasteiger partial charge in [-0.25, -0.2) is 0 Å². The minimum Gasteiger partial charge on any atom is -0.376 e. The molecule has 6 heteroatoms. The number of likely N-dealkylation sites (tertiary alicyclic amines) is 1. The first-order valence-electron chi connectivity index (χ1n) is 9.07. The minimum absolute atomic E-state index is 0.0909. The lowest BCUT2D eigenvalue weighted by Gasteiger charge is -2.43. The summed E-state index contributed by atoms with van der Waals surface area (Å²) in [5.41, 5.74) is 1.38. The van der Waals surface area contributed by atoms with E-state index in [1.807, 2.05) is 11.3 Å². The van der Waals surface area contributed by atoms with Gasteiger partial charge in [0.15, 0.2) is 0 Å². The summed E-state index contributed by atoms with van der Waals surface area (Å²) in [4.78, 5) is 15.8. The maximum atomic E-state index is 12.2. The van der Waals surface area contributed by atoms with Gasteiger partial charge in [-0.15, -0.1) is 11.3 Å². The third-order valence-electron chi connectivity index (χ3n) is 5.49. The average molecular weight is 350 g/mol. The van der Waals surface area contributed by atoms with Crippen molar-refractivity contribution in [2.24, 2.45) is 0 Å². The van der Waals surface area contributed by atoms with Gasteiger partial charge in [0.25, 0.3) is 0 Å². The molecule has 1 aromatic heterocycles. The molecule has 1 aromatic rings. The van der Waals surface area contributed by atoms with Crippen LogP contribution >= 0.6 is 11.3 Å². The summed E-state index contributed by atoms with van der Waals surface area (Å²) >= 11 is 1.83. The number of hydrogen-bond donors (Lipinski definition) is 1. The summed E-state index contributed by atoms with van der Waals surface area (Å²) in [6, 6.07) is 2.25. The molecule has 3 aliphatic rings. The van der Waals surface area contributed by atoms with Gasteiger partial charge < -0.3 is 14.8 Å². The van der Waals surface area contributed by atoms with Crippen molar-refractivity contribution in [3.05, 3.63) is 21.9 Å². The molecule has 1 unspecified atom stereocenters. The fourth-order valence-electron chi connectivity index (χ4n) is 4.09. The second kappa shape index (κ2) is 7.12. The number of nitrogens with zero attached hydrogens (tertiary/aromatic N) is 1. The van der Waals surface area contributed by atoms with Crippen LogP contribution in [0.15, 0.2) is 11.4 Å². The molecule has 24 heavy (non-hydrogen) atoms. The number of nitrogens with one attached hydrogen (secondary N) is 1. The van der Waals surface area contributed by atoms with Crippen molar-refractivity contribution in [1.29, 1.82) is 0 Å². The van der Waals surface area contributed by atoms with E-state index in [9.17, 15) is 4.79 Å². The van der Waals surface area contributed by atoms with Gasteiger partial charge >= 0.3 is 0 Å². The first kappa shape index (κ1) is 16.5. The molecule has 132 valence electrons. The van der Waals surface area contributed by atoms with Gasteiger partial charge in [0, 0.05) is 31.1 Å². The number of thiophene rings is 1. The van der Waals surface area contributed by atoms with Gasteiger partial charge in [-0.2, -0.15) is 0 Å². The van der Waals surface area contributed by atoms with Crippen LogP contribution in [-0.2, 0) is 26.3 Å². The molecule has 0 saturated carbocycles. The van der Waals surface area contributed by atoms with Crippen LogP contribution in [0, 0.1) is 0 Å². The second-order valence-corrected chi connectivity index (χ2v) is 8.00. The van der Waals surface area contributed by atoms with Crippen molar-refractivity contribution in [3.63, 3.8) is 0 Å². The van der Waals surface area contributed by atoms with Gasteiger partial charge in [-0.3, -0.25) is 9.69 Å². The van der Waals surface area contributed by atoms with Gasteiger partial charge in [-0.1, -0.05) is 0 Å². The van der Waals surface area contributed by atoms with E-state index in [1.54, 1.807) is 0 Å². The monoisotopic (exact) mass is 350 g/mol. The number of piperidine rings is 1. The molecule has 2 saturated heterocycles. The highest BCUT2D eigenvalue weighted by atomic mass is 32.1. The molecular formula is C18H26N2O3S. The Balaban J connectivity index is 1.27. The zero-order valence-electron chi connectivity index (χ0n) is 14.1. The Morgan fingerprint density at radius 1 is 1.38 bits per heavy atom. The van der Waals surface area contributed by atoms with E-state index >= 15 is 0 Å². The topological polar surface area (TPSA) is 50.8 Å². The minimum atomic E-state index is -0.0909. The molecule has 1 amide bonds. The van der Waals surface area contributed by atoms with Crippen molar-refractivity contribution >= 4 is 17.2 Å². The zero-order chi connectivity index (χ0) is 16.4. The fourth-order valence-corrected chi connectivity index (χ4v) is 5.26. The quantitative estimate of drug-likeness (QED) is 0.901.